The molecule has 0 bridgehead atoms. The highest BCUT2D eigenvalue weighted by molar-refractivity contribution is 5.67. The second-order valence-corrected chi connectivity index (χ2v) is 6.65. The summed E-state index contributed by atoms with van der Waals surface area (Å²) in [5.41, 5.74) is 3.10. The molecule has 1 aromatic heterocycles. The summed E-state index contributed by atoms with van der Waals surface area (Å²) in [6.07, 6.45) is 4.19. The van der Waals surface area contributed by atoms with Crippen LogP contribution in [0.3, 0.4) is 0 Å². The smallest absolute Gasteiger partial charge is 0.303 e. The van der Waals surface area contributed by atoms with Gasteiger partial charge < -0.3 is 14.7 Å². The molecule has 6 heteroatoms. The van der Waals surface area contributed by atoms with Crippen molar-refractivity contribution in [3.63, 3.8) is 0 Å². The van der Waals surface area contributed by atoms with Gasteiger partial charge in [-0.25, -0.2) is 0 Å². The van der Waals surface area contributed by atoms with Crippen LogP contribution in [-0.2, 0) is 17.8 Å². The van der Waals surface area contributed by atoms with Crippen LogP contribution in [0.4, 0.5) is 5.69 Å². The number of hydrogen-bond donors (Lipinski definition) is 1. The third kappa shape index (κ3) is 5.61. The maximum absolute atomic E-state index is 11.0. The number of carboxylic acids is 1. The Balaban J connectivity index is 1.67. The van der Waals surface area contributed by atoms with Gasteiger partial charge in [-0.05, 0) is 41.8 Å². The van der Waals surface area contributed by atoms with Crippen LogP contribution in [0.2, 0.25) is 0 Å². The van der Waals surface area contributed by atoms with E-state index in [9.17, 15) is 4.79 Å². The molecule has 0 unspecified atom stereocenters. The lowest BCUT2D eigenvalue weighted by atomic mass is 10.1. The Morgan fingerprint density at radius 2 is 2.00 bits per heavy atom. The molecule has 1 N–H and O–H groups in total. The topological polar surface area (TPSA) is 67.6 Å². The fraction of sp³-hybridized carbons (Fsp3) is 0.273. The summed E-state index contributed by atoms with van der Waals surface area (Å²) in [5, 5.41) is 13.2. The summed E-state index contributed by atoms with van der Waals surface area (Å²) < 4.78 is 7.90. The lowest BCUT2D eigenvalue weighted by Crippen LogP contribution is -2.23. The van der Waals surface area contributed by atoms with Crippen LogP contribution in [0.5, 0.6) is 5.75 Å². The molecule has 0 saturated heterocycles. The van der Waals surface area contributed by atoms with E-state index >= 15 is 0 Å². The van der Waals surface area contributed by atoms with Crippen molar-refractivity contribution in [3.05, 3.63) is 78.1 Å². The summed E-state index contributed by atoms with van der Waals surface area (Å²) >= 11 is 0. The molecule has 0 aliphatic heterocycles. The highest BCUT2D eigenvalue weighted by Gasteiger charge is 2.09. The monoisotopic (exact) mass is 379 g/mol. The minimum absolute atomic E-state index is 0.0821. The van der Waals surface area contributed by atoms with Gasteiger partial charge >= 0.3 is 5.97 Å². The SMILES string of the molecule is CN(CCOc1cc(Cn2cccn2)ccc1CCC(=O)O)c1ccccc1. The number of aliphatic carboxylic acids is 1. The van der Waals surface area contributed by atoms with E-state index in [2.05, 4.69) is 22.1 Å². The molecule has 28 heavy (non-hydrogen) atoms. The molecule has 146 valence electrons. The number of ether oxygens (including phenoxy) is 1. The van der Waals surface area contributed by atoms with Gasteiger partial charge in [0, 0.05) is 31.5 Å². The van der Waals surface area contributed by atoms with E-state index in [1.807, 2.05) is 60.4 Å². The first kappa shape index (κ1) is 19.5. The van der Waals surface area contributed by atoms with Crippen LogP contribution < -0.4 is 9.64 Å². The molecule has 2 aromatic carbocycles. The summed E-state index contributed by atoms with van der Waals surface area (Å²) in [5.74, 6) is -0.0669. The Morgan fingerprint density at radius 3 is 2.71 bits per heavy atom. The van der Waals surface area contributed by atoms with Crippen molar-refractivity contribution in [2.45, 2.75) is 19.4 Å². The van der Waals surface area contributed by atoms with Crippen molar-refractivity contribution in [1.29, 1.82) is 0 Å². The van der Waals surface area contributed by atoms with E-state index in [1.54, 1.807) is 6.20 Å². The van der Waals surface area contributed by atoms with E-state index in [4.69, 9.17) is 9.84 Å². The third-order valence-electron chi connectivity index (χ3n) is 4.52. The third-order valence-corrected chi connectivity index (χ3v) is 4.52. The van der Waals surface area contributed by atoms with Crippen molar-refractivity contribution in [1.82, 2.24) is 9.78 Å². The number of carboxylic acid groups (broad SMARTS) is 1. The Labute approximate surface area is 165 Å². The molecule has 0 aliphatic carbocycles. The number of aryl methyl sites for hydroxylation is 1. The van der Waals surface area contributed by atoms with Gasteiger partial charge in [-0.2, -0.15) is 5.10 Å². The quantitative estimate of drug-likeness (QED) is 0.584. The van der Waals surface area contributed by atoms with Gasteiger partial charge in [0.15, 0.2) is 0 Å². The molecule has 1 heterocycles. The van der Waals surface area contributed by atoms with Crippen molar-refractivity contribution in [3.8, 4) is 5.75 Å². The van der Waals surface area contributed by atoms with Gasteiger partial charge in [0.25, 0.3) is 0 Å². The first-order valence-corrected chi connectivity index (χ1v) is 9.32. The van der Waals surface area contributed by atoms with Gasteiger partial charge in [0.1, 0.15) is 12.4 Å². The van der Waals surface area contributed by atoms with Crippen molar-refractivity contribution >= 4 is 11.7 Å². The molecule has 0 atom stereocenters. The Morgan fingerprint density at radius 1 is 1.18 bits per heavy atom. The maximum atomic E-state index is 11.0. The van der Waals surface area contributed by atoms with Crippen LogP contribution in [0.1, 0.15) is 17.5 Å². The molecule has 0 saturated carbocycles. The minimum Gasteiger partial charge on any atom is -0.491 e. The highest BCUT2D eigenvalue weighted by Crippen LogP contribution is 2.23. The van der Waals surface area contributed by atoms with Gasteiger partial charge in [0.05, 0.1) is 13.1 Å². The first-order chi connectivity index (χ1) is 13.6. The largest absolute Gasteiger partial charge is 0.491 e. The van der Waals surface area contributed by atoms with Crippen LogP contribution in [0.15, 0.2) is 67.0 Å². The van der Waals surface area contributed by atoms with E-state index in [1.165, 1.54) is 0 Å². The average molecular weight is 379 g/mol. The van der Waals surface area contributed by atoms with Crippen LogP contribution in [0, 0.1) is 0 Å². The number of rotatable bonds is 10. The second kappa shape index (κ2) is 9.60. The molecule has 6 nitrogen and oxygen atoms in total. The lowest BCUT2D eigenvalue weighted by Gasteiger charge is -2.20. The Kier molecular flexibility index (Phi) is 6.68. The zero-order valence-corrected chi connectivity index (χ0v) is 16.0. The zero-order chi connectivity index (χ0) is 19.8. The van der Waals surface area contributed by atoms with E-state index in [-0.39, 0.29) is 6.42 Å². The van der Waals surface area contributed by atoms with Gasteiger partial charge in [-0.1, -0.05) is 30.3 Å². The van der Waals surface area contributed by atoms with Gasteiger partial charge in [-0.3, -0.25) is 9.48 Å². The molecule has 0 spiro atoms. The molecular weight excluding hydrogens is 354 g/mol. The molecule has 0 fully saturated rings. The molecule has 3 aromatic rings. The van der Waals surface area contributed by atoms with Gasteiger partial charge in [-0.15, -0.1) is 0 Å². The van der Waals surface area contributed by atoms with Crippen molar-refractivity contribution in [2.75, 3.05) is 25.1 Å². The van der Waals surface area contributed by atoms with Crippen molar-refractivity contribution < 1.29 is 14.6 Å². The average Bonchev–Trinajstić information content (AvgIpc) is 3.21. The van der Waals surface area contributed by atoms with E-state index in [0.717, 1.165) is 29.1 Å². The Hall–Kier alpha value is -3.28. The molecule has 3 rings (SSSR count). The molecule has 0 amide bonds. The number of aromatic nitrogens is 2. The summed E-state index contributed by atoms with van der Waals surface area (Å²) in [4.78, 5) is 13.1. The standard InChI is InChI=1S/C22H25N3O3/c1-24(20-6-3-2-4-7-20)14-15-28-21-16-18(17-25-13-5-12-23-25)8-9-19(21)10-11-22(26)27/h2-9,12-13,16H,10-11,14-15,17H2,1H3,(H,26,27). The summed E-state index contributed by atoms with van der Waals surface area (Å²) in [6.45, 7) is 1.88. The second-order valence-electron chi connectivity index (χ2n) is 6.65. The Bertz CT molecular complexity index is 879. The molecule has 0 aliphatic rings. The fourth-order valence-corrected chi connectivity index (χ4v) is 2.96. The van der Waals surface area contributed by atoms with Crippen LogP contribution in [-0.4, -0.2) is 41.1 Å². The lowest BCUT2D eigenvalue weighted by molar-refractivity contribution is -0.136. The van der Waals surface area contributed by atoms with Crippen LogP contribution in [0.25, 0.3) is 0 Å². The van der Waals surface area contributed by atoms with E-state index < -0.39 is 5.97 Å². The maximum Gasteiger partial charge on any atom is 0.303 e. The number of benzene rings is 2. The number of hydrogen-bond acceptors (Lipinski definition) is 4. The van der Waals surface area contributed by atoms with Crippen LogP contribution >= 0.6 is 0 Å². The number of para-hydroxylation sites is 1. The summed E-state index contributed by atoms with van der Waals surface area (Å²) in [7, 11) is 2.03. The number of carbonyl (C=O) groups is 1. The number of nitrogens with zero attached hydrogens (tertiary/aromatic N) is 3. The predicted molar refractivity (Wildman–Crippen MR) is 109 cm³/mol. The zero-order valence-electron chi connectivity index (χ0n) is 16.0. The molecular formula is C22H25N3O3. The normalized spacial score (nSPS) is 10.6. The number of anilines is 1. The van der Waals surface area contributed by atoms with Gasteiger partial charge in [0.2, 0.25) is 0 Å². The van der Waals surface area contributed by atoms with Crippen molar-refractivity contribution in [2.24, 2.45) is 0 Å². The first-order valence-electron chi connectivity index (χ1n) is 9.32. The van der Waals surface area contributed by atoms with E-state index in [0.29, 0.717) is 19.6 Å². The molecule has 0 radical (unpaired) electrons. The highest BCUT2D eigenvalue weighted by atomic mass is 16.5. The fourth-order valence-electron chi connectivity index (χ4n) is 2.96. The summed E-state index contributed by atoms with van der Waals surface area (Å²) in [6, 6.07) is 18.0. The minimum atomic E-state index is -0.810. The number of likely N-dealkylation sites (N-methyl/N-ethyl adjacent to an activating group) is 1. The predicted octanol–water partition coefficient (Wildman–Crippen LogP) is 3.46.